The molecule has 2 aromatic heterocycles. The number of rotatable bonds is 4. The first-order valence-electron chi connectivity index (χ1n) is 4.99. The van der Waals surface area contributed by atoms with Gasteiger partial charge in [-0.2, -0.15) is 0 Å². The Morgan fingerprint density at radius 3 is 2.00 bits per heavy atom. The van der Waals surface area contributed by atoms with Gasteiger partial charge in [0, 0.05) is 44.4 Å². The van der Waals surface area contributed by atoms with Crippen molar-refractivity contribution in [3.05, 3.63) is 36.9 Å². The standard InChI is InChI=1S/C12H12N2S3/c1-15-9-3-5-14-8-12(9)17-10-4-6-13-7-11(10)16-2/h3-8H,1-2H3. The Kier molecular flexibility index (Phi) is 4.76. The third-order valence-corrected chi connectivity index (χ3v) is 5.09. The Morgan fingerprint density at radius 2 is 1.35 bits per heavy atom. The van der Waals surface area contributed by atoms with Crippen LogP contribution in [0.1, 0.15) is 0 Å². The quantitative estimate of drug-likeness (QED) is 0.786. The first-order chi connectivity index (χ1) is 8.35. The summed E-state index contributed by atoms with van der Waals surface area (Å²) in [5.41, 5.74) is 0. The van der Waals surface area contributed by atoms with Crippen molar-refractivity contribution >= 4 is 35.3 Å². The number of thioether (sulfide) groups is 2. The fourth-order valence-corrected chi connectivity index (χ4v) is 3.77. The minimum absolute atomic E-state index is 1.20. The molecule has 2 nitrogen and oxygen atoms in total. The van der Waals surface area contributed by atoms with E-state index in [1.54, 1.807) is 35.3 Å². The molecule has 2 aromatic rings. The fraction of sp³-hybridized carbons (Fsp3) is 0.167. The van der Waals surface area contributed by atoms with Crippen LogP contribution in [0.2, 0.25) is 0 Å². The highest BCUT2D eigenvalue weighted by Crippen LogP contribution is 2.37. The molecule has 2 rings (SSSR count). The third kappa shape index (κ3) is 3.18. The van der Waals surface area contributed by atoms with Gasteiger partial charge in [0.2, 0.25) is 0 Å². The minimum Gasteiger partial charge on any atom is -0.263 e. The van der Waals surface area contributed by atoms with E-state index in [1.807, 2.05) is 36.9 Å². The van der Waals surface area contributed by atoms with E-state index in [0.29, 0.717) is 0 Å². The van der Waals surface area contributed by atoms with Gasteiger partial charge in [0.1, 0.15) is 0 Å². The van der Waals surface area contributed by atoms with Gasteiger partial charge in [0.05, 0.1) is 0 Å². The Labute approximate surface area is 114 Å². The summed E-state index contributed by atoms with van der Waals surface area (Å²) in [6, 6.07) is 4.10. The molecule has 0 saturated heterocycles. The normalized spacial score (nSPS) is 10.5. The predicted octanol–water partition coefficient (Wildman–Crippen LogP) is 4.07. The fourth-order valence-electron chi connectivity index (χ4n) is 1.34. The van der Waals surface area contributed by atoms with E-state index in [0.717, 1.165) is 0 Å². The predicted molar refractivity (Wildman–Crippen MR) is 76.2 cm³/mol. The molecule has 0 unspecified atom stereocenters. The van der Waals surface area contributed by atoms with E-state index in [2.05, 4.69) is 22.5 Å². The molecule has 0 radical (unpaired) electrons. The van der Waals surface area contributed by atoms with Gasteiger partial charge in [0.25, 0.3) is 0 Å². The van der Waals surface area contributed by atoms with E-state index in [1.165, 1.54) is 19.6 Å². The Morgan fingerprint density at radius 1 is 0.765 bits per heavy atom. The van der Waals surface area contributed by atoms with Crippen LogP contribution in [0, 0.1) is 0 Å². The monoisotopic (exact) mass is 280 g/mol. The smallest absolute Gasteiger partial charge is 0.0442 e. The molecule has 0 atom stereocenters. The number of hydrogen-bond donors (Lipinski definition) is 0. The molecule has 0 N–H and O–H groups in total. The molecular weight excluding hydrogens is 268 g/mol. The van der Waals surface area contributed by atoms with E-state index in [4.69, 9.17) is 0 Å². The molecule has 0 aliphatic carbocycles. The van der Waals surface area contributed by atoms with E-state index in [-0.39, 0.29) is 0 Å². The van der Waals surface area contributed by atoms with Crippen molar-refractivity contribution < 1.29 is 0 Å². The lowest BCUT2D eigenvalue weighted by Gasteiger charge is -2.08. The Bertz CT molecular complexity index is 457. The van der Waals surface area contributed by atoms with Crippen molar-refractivity contribution in [3.8, 4) is 0 Å². The maximum absolute atomic E-state index is 4.19. The summed E-state index contributed by atoms with van der Waals surface area (Å²) in [5.74, 6) is 0. The van der Waals surface area contributed by atoms with E-state index < -0.39 is 0 Å². The van der Waals surface area contributed by atoms with Gasteiger partial charge >= 0.3 is 0 Å². The average molecular weight is 280 g/mol. The van der Waals surface area contributed by atoms with E-state index >= 15 is 0 Å². The van der Waals surface area contributed by atoms with E-state index in [9.17, 15) is 0 Å². The van der Waals surface area contributed by atoms with Gasteiger partial charge in [-0.15, -0.1) is 23.5 Å². The van der Waals surface area contributed by atoms with Crippen molar-refractivity contribution in [2.75, 3.05) is 12.5 Å². The summed E-state index contributed by atoms with van der Waals surface area (Å²) in [6.45, 7) is 0. The first-order valence-corrected chi connectivity index (χ1v) is 8.25. The summed E-state index contributed by atoms with van der Waals surface area (Å²) in [6.07, 6.45) is 11.6. The minimum atomic E-state index is 1.20. The lowest BCUT2D eigenvalue weighted by atomic mass is 10.5. The van der Waals surface area contributed by atoms with Crippen LogP contribution in [-0.4, -0.2) is 22.5 Å². The van der Waals surface area contributed by atoms with Crippen LogP contribution in [0.4, 0.5) is 0 Å². The molecular formula is C12H12N2S3. The van der Waals surface area contributed by atoms with Crippen LogP contribution >= 0.6 is 35.3 Å². The zero-order valence-electron chi connectivity index (χ0n) is 9.58. The lowest BCUT2D eigenvalue weighted by molar-refractivity contribution is 1.10. The lowest BCUT2D eigenvalue weighted by Crippen LogP contribution is -1.83. The summed E-state index contributed by atoms with van der Waals surface area (Å²) < 4.78 is 0. The molecule has 0 spiro atoms. The molecule has 0 aliphatic rings. The van der Waals surface area contributed by atoms with Crippen LogP contribution in [0.25, 0.3) is 0 Å². The summed E-state index contributed by atoms with van der Waals surface area (Å²) >= 11 is 5.21. The highest BCUT2D eigenvalue weighted by atomic mass is 32.2. The second-order valence-corrected chi connectivity index (χ2v) is 5.94. The number of pyridine rings is 2. The van der Waals surface area contributed by atoms with Gasteiger partial charge < -0.3 is 0 Å². The summed E-state index contributed by atoms with van der Waals surface area (Å²) in [5, 5.41) is 0. The summed E-state index contributed by atoms with van der Waals surface area (Å²) in [7, 11) is 0. The topological polar surface area (TPSA) is 25.8 Å². The van der Waals surface area contributed by atoms with Crippen molar-refractivity contribution in [1.29, 1.82) is 0 Å². The van der Waals surface area contributed by atoms with Crippen LogP contribution in [0.3, 0.4) is 0 Å². The molecule has 0 aromatic carbocycles. The number of aromatic nitrogens is 2. The van der Waals surface area contributed by atoms with Crippen LogP contribution in [-0.2, 0) is 0 Å². The SMILES string of the molecule is CSc1cnccc1Sc1cnccc1SC. The molecule has 17 heavy (non-hydrogen) atoms. The van der Waals surface area contributed by atoms with Gasteiger partial charge in [0.15, 0.2) is 0 Å². The zero-order chi connectivity index (χ0) is 12.1. The Balaban J connectivity index is 2.31. The molecule has 0 saturated carbocycles. The van der Waals surface area contributed by atoms with Crippen molar-refractivity contribution in [2.45, 2.75) is 19.6 Å². The van der Waals surface area contributed by atoms with Crippen LogP contribution in [0.15, 0.2) is 56.5 Å². The molecule has 0 bridgehead atoms. The van der Waals surface area contributed by atoms with Crippen LogP contribution in [0.5, 0.6) is 0 Å². The molecule has 88 valence electrons. The summed E-state index contributed by atoms with van der Waals surface area (Å²) in [4.78, 5) is 13.2. The second-order valence-electron chi connectivity index (χ2n) is 3.16. The average Bonchev–Trinajstić information content (AvgIpc) is 2.40. The van der Waals surface area contributed by atoms with Crippen molar-refractivity contribution in [1.82, 2.24) is 9.97 Å². The largest absolute Gasteiger partial charge is 0.263 e. The maximum atomic E-state index is 4.19. The van der Waals surface area contributed by atoms with Crippen molar-refractivity contribution in [3.63, 3.8) is 0 Å². The third-order valence-electron chi connectivity index (χ3n) is 2.15. The van der Waals surface area contributed by atoms with Gasteiger partial charge in [-0.1, -0.05) is 11.8 Å². The molecule has 0 amide bonds. The molecule has 0 fully saturated rings. The van der Waals surface area contributed by atoms with Gasteiger partial charge in [-0.25, -0.2) is 0 Å². The number of hydrogen-bond acceptors (Lipinski definition) is 5. The highest BCUT2D eigenvalue weighted by Gasteiger charge is 2.07. The maximum Gasteiger partial charge on any atom is 0.0442 e. The zero-order valence-corrected chi connectivity index (χ0v) is 12.0. The molecule has 5 heteroatoms. The Hall–Kier alpha value is -0.650. The van der Waals surface area contributed by atoms with Crippen LogP contribution < -0.4 is 0 Å². The number of nitrogens with zero attached hydrogens (tertiary/aromatic N) is 2. The van der Waals surface area contributed by atoms with Crippen molar-refractivity contribution in [2.24, 2.45) is 0 Å². The van der Waals surface area contributed by atoms with Gasteiger partial charge in [-0.05, 0) is 24.6 Å². The second kappa shape index (κ2) is 6.33. The highest BCUT2D eigenvalue weighted by molar-refractivity contribution is 8.03. The molecule has 2 heterocycles. The first kappa shape index (κ1) is 12.8. The molecule has 0 aliphatic heterocycles. The van der Waals surface area contributed by atoms with Gasteiger partial charge in [-0.3, -0.25) is 9.97 Å².